The first-order valence-electron chi connectivity index (χ1n) is 9.88. The third-order valence-corrected chi connectivity index (χ3v) is 6.79. The Labute approximate surface area is 187 Å². The zero-order chi connectivity index (χ0) is 21.6. The van der Waals surface area contributed by atoms with Gasteiger partial charge in [-0.3, -0.25) is 9.69 Å². The maximum Gasteiger partial charge on any atom is 0.229 e. The highest BCUT2D eigenvalue weighted by molar-refractivity contribution is 7.99. The van der Waals surface area contributed by atoms with Crippen molar-refractivity contribution in [1.82, 2.24) is 4.98 Å². The number of thioether (sulfide) groups is 1. The highest BCUT2D eigenvalue weighted by Crippen LogP contribution is 2.32. The van der Waals surface area contributed by atoms with Gasteiger partial charge in [-0.05, 0) is 35.9 Å². The van der Waals surface area contributed by atoms with Gasteiger partial charge in [0.2, 0.25) is 5.91 Å². The van der Waals surface area contributed by atoms with Crippen molar-refractivity contribution in [2.24, 2.45) is 0 Å². The van der Waals surface area contributed by atoms with Crippen molar-refractivity contribution in [3.8, 4) is 0 Å². The second-order valence-electron chi connectivity index (χ2n) is 6.96. The van der Waals surface area contributed by atoms with E-state index in [-0.39, 0.29) is 11.4 Å². The second-order valence-corrected chi connectivity index (χ2v) is 9.14. The molecule has 0 N–H and O–H groups in total. The number of rotatable bonds is 8. The van der Waals surface area contributed by atoms with Gasteiger partial charge >= 0.3 is 0 Å². The van der Waals surface area contributed by atoms with Gasteiger partial charge < -0.3 is 0 Å². The Bertz CT molecular complexity index is 1170. The summed E-state index contributed by atoms with van der Waals surface area (Å²) in [6.45, 7) is 0.329. The van der Waals surface area contributed by atoms with Crippen LogP contribution in [-0.4, -0.2) is 16.6 Å². The molecule has 0 aliphatic heterocycles. The Morgan fingerprint density at radius 1 is 1.00 bits per heavy atom. The quantitative estimate of drug-likeness (QED) is 0.220. The number of carbonyl (C=O) groups excluding carboxylic acids is 1. The van der Waals surface area contributed by atoms with E-state index >= 15 is 0 Å². The third kappa shape index (κ3) is 5.48. The number of thiazole rings is 1. The molecule has 4 aromatic rings. The van der Waals surface area contributed by atoms with Crippen molar-refractivity contribution in [3.05, 3.63) is 90.0 Å². The van der Waals surface area contributed by atoms with Crippen molar-refractivity contribution >= 4 is 44.4 Å². The molecule has 31 heavy (non-hydrogen) atoms. The number of halogens is 2. The molecule has 3 nitrogen and oxygen atoms in total. The molecule has 1 aromatic heterocycles. The summed E-state index contributed by atoms with van der Waals surface area (Å²) in [5.74, 6) is -0.644. The first kappa shape index (κ1) is 21.5. The van der Waals surface area contributed by atoms with Crippen LogP contribution in [0.5, 0.6) is 0 Å². The summed E-state index contributed by atoms with van der Waals surface area (Å²) in [7, 11) is 0. The lowest BCUT2D eigenvalue weighted by Gasteiger charge is -2.20. The maximum absolute atomic E-state index is 14.2. The van der Waals surface area contributed by atoms with Gasteiger partial charge in [0.05, 0.1) is 11.2 Å². The first-order chi connectivity index (χ1) is 15.1. The van der Waals surface area contributed by atoms with Crippen molar-refractivity contribution < 1.29 is 13.6 Å². The standard InChI is InChI=1S/C24H20F2N2OS2/c25-18-14-20(26)23-21(15-18)31-24(27-23)28(16-17-8-3-1-4-9-17)22(29)12-7-13-30-19-10-5-2-6-11-19/h1-6,8-11,14-15H,7,12-13,16H2. The van der Waals surface area contributed by atoms with E-state index in [1.54, 1.807) is 16.7 Å². The summed E-state index contributed by atoms with van der Waals surface area (Å²) in [6, 6.07) is 21.7. The molecule has 1 heterocycles. The van der Waals surface area contributed by atoms with Crippen molar-refractivity contribution in [3.63, 3.8) is 0 Å². The summed E-state index contributed by atoms with van der Waals surface area (Å²) in [5.41, 5.74) is 1.03. The Hall–Kier alpha value is -2.77. The van der Waals surface area contributed by atoms with Gasteiger partial charge in [0.15, 0.2) is 10.9 Å². The van der Waals surface area contributed by atoms with Gasteiger partial charge in [0.1, 0.15) is 11.3 Å². The molecule has 0 radical (unpaired) electrons. The molecular weight excluding hydrogens is 434 g/mol. The lowest BCUT2D eigenvalue weighted by Crippen LogP contribution is -2.30. The third-order valence-electron chi connectivity index (χ3n) is 4.66. The van der Waals surface area contributed by atoms with E-state index in [1.165, 1.54) is 11.0 Å². The fraction of sp³-hybridized carbons (Fsp3) is 0.167. The van der Waals surface area contributed by atoms with Crippen molar-refractivity contribution in [1.29, 1.82) is 0 Å². The average Bonchev–Trinajstić information content (AvgIpc) is 3.20. The molecule has 1 amide bonds. The topological polar surface area (TPSA) is 33.2 Å². The number of amides is 1. The molecule has 158 valence electrons. The summed E-state index contributed by atoms with van der Waals surface area (Å²) in [5, 5.41) is 0.379. The molecule has 0 atom stereocenters. The smallest absolute Gasteiger partial charge is 0.229 e. The average molecular weight is 455 g/mol. The molecule has 0 saturated carbocycles. The Morgan fingerprint density at radius 3 is 2.45 bits per heavy atom. The van der Waals surface area contributed by atoms with E-state index in [0.717, 1.165) is 28.7 Å². The monoisotopic (exact) mass is 454 g/mol. The van der Waals surface area contributed by atoms with Crippen LogP contribution in [0, 0.1) is 11.6 Å². The molecule has 0 bridgehead atoms. The fourth-order valence-corrected chi connectivity index (χ4v) is 5.05. The maximum atomic E-state index is 14.2. The number of carbonyl (C=O) groups is 1. The normalized spacial score (nSPS) is 11.0. The molecule has 0 spiro atoms. The fourth-order valence-electron chi connectivity index (χ4n) is 3.15. The van der Waals surface area contributed by atoms with E-state index in [1.807, 2.05) is 60.7 Å². The van der Waals surface area contributed by atoms with Gasteiger partial charge in [-0.2, -0.15) is 0 Å². The van der Waals surface area contributed by atoms with Crippen LogP contribution in [0.25, 0.3) is 10.2 Å². The van der Waals surface area contributed by atoms with Gasteiger partial charge in [0, 0.05) is 17.4 Å². The van der Waals surface area contributed by atoms with Gasteiger partial charge in [-0.25, -0.2) is 13.8 Å². The van der Waals surface area contributed by atoms with Crippen molar-refractivity contribution in [2.45, 2.75) is 24.3 Å². The summed E-state index contributed by atoms with van der Waals surface area (Å²) in [6.07, 6.45) is 1.05. The highest BCUT2D eigenvalue weighted by Gasteiger charge is 2.21. The largest absolute Gasteiger partial charge is 0.284 e. The predicted molar refractivity (Wildman–Crippen MR) is 124 cm³/mol. The molecule has 0 fully saturated rings. The molecule has 3 aromatic carbocycles. The molecule has 4 rings (SSSR count). The molecule has 0 unspecified atom stereocenters. The molecular formula is C24H20F2N2OS2. The van der Waals surface area contributed by atoms with Gasteiger partial charge in [0.25, 0.3) is 0 Å². The van der Waals surface area contributed by atoms with Gasteiger partial charge in [-0.15, -0.1) is 11.8 Å². The molecule has 0 aliphatic carbocycles. The van der Waals surface area contributed by atoms with Crippen LogP contribution in [0.3, 0.4) is 0 Å². The minimum absolute atomic E-state index is 0.0857. The molecule has 7 heteroatoms. The molecule has 0 saturated heterocycles. The van der Waals surface area contributed by atoms with Crippen LogP contribution in [0.1, 0.15) is 18.4 Å². The lowest BCUT2D eigenvalue weighted by molar-refractivity contribution is -0.118. The second kappa shape index (κ2) is 10.0. The van der Waals surface area contributed by atoms with Crippen LogP contribution in [0.4, 0.5) is 13.9 Å². The van der Waals surface area contributed by atoms with E-state index in [9.17, 15) is 13.6 Å². The zero-order valence-electron chi connectivity index (χ0n) is 16.6. The number of nitrogens with zero attached hydrogens (tertiary/aromatic N) is 2. The van der Waals surface area contributed by atoms with Crippen molar-refractivity contribution in [2.75, 3.05) is 10.7 Å². The van der Waals surface area contributed by atoms with Crippen LogP contribution in [0.2, 0.25) is 0 Å². The highest BCUT2D eigenvalue weighted by atomic mass is 32.2. The van der Waals surface area contributed by atoms with Crippen LogP contribution < -0.4 is 4.90 Å². The number of hydrogen-bond acceptors (Lipinski definition) is 4. The Kier molecular flexibility index (Phi) is 6.94. The summed E-state index contributed by atoms with van der Waals surface area (Å²) < 4.78 is 28.2. The van der Waals surface area contributed by atoms with Crippen LogP contribution in [-0.2, 0) is 11.3 Å². The summed E-state index contributed by atoms with van der Waals surface area (Å²) >= 11 is 2.83. The number of hydrogen-bond donors (Lipinski definition) is 0. The van der Waals surface area contributed by atoms with E-state index in [2.05, 4.69) is 4.98 Å². The SMILES string of the molecule is O=C(CCCSc1ccccc1)N(Cc1ccccc1)c1nc2c(F)cc(F)cc2s1. The molecule has 0 aliphatic rings. The number of anilines is 1. The van der Waals surface area contributed by atoms with Gasteiger partial charge in [-0.1, -0.05) is 59.9 Å². The first-order valence-corrected chi connectivity index (χ1v) is 11.7. The Morgan fingerprint density at radius 2 is 1.71 bits per heavy atom. The summed E-state index contributed by atoms with van der Waals surface area (Å²) in [4.78, 5) is 20.2. The number of benzene rings is 3. The Balaban J connectivity index is 1.51. The number of fused-ring (bicyclic) bond motifs is 1. The van der Waals surface area contributed by atoms with Crippen LogP contribution >= 0.6 is 23.1 Å². The van der Waals surface area contributed by atoms with E-state index in [4.69, 9.17) is 0 Å². The van der Waals surface area contributed by atoms with E-state index in [0.29, 0.717) is 29.2 Å². The lowest BCUT2D eigenvalue weighted by atomic mass is 10.2. The predicted octanol–water partition coefficient (Wildman–Crippen LogP) is 6.68. The number of aromatic nitrogens is 1. The van der Waals surface area contributed by atoms with Crippen LogP contribution in [0.15, 0.2) is 77.7 Å². The van der Waals surface area contributed by atoms with E-state index < -0.39 is 11.6 Å². The minimum Gasteiger partial charge on any atom is -0.284 e. The zero-order valence-corrected chi connectivity index (χ0v) is 18.3. The minimum atomic E-state index is -0.719.